The van der Waals surface area contributed by atoms with Gasteiger partial charge in [0, 0.05) is 19.0 Å². The minimum Gasteiger partial charge on any atom is -0.481 e. The van der Waals surface area contributed by atoms with Gasteiger partial charge < -0.3 is 20.5 Å². The van der Waals surface area contributed by atoms with Crippen LogP contribution in [0, 0.1) is 16.0 Å². The van der Waals surface area contributed by atoms with E-state index in [1.165, 1.54) is 12.1 Å². The van der Waals surface area contributed by atoms with Crippen molar-refractivity contribution in [3.05, 3.63) is 27.9 Å². The van der Waals surface area contributed by atoms with Crippen LogP contribution in [0.1, 0.15) is 23.8 Å². The zero-order valence-electron chi connectivity index (χ0n) is 9.67. The number of aliphatic carboxylic acids is 1. The van der Waals surface area contributed by atoms with E-state index in [9.17, 15) is 19.7 Å². The van der Waals surface area contributed by atoms with Crippen LogP contribution in [0.25, 0.3) is 0 Å². The molecule has 1 aromatic heterocycles. The summed E-state index contributed by atoms with van der Waals surface area (Å²) in [6.45, 7) is 1.88. The van der Waals surface area contributed by atoms with E-state index in [1.807, 2.05) is 0 Å². The third-order valence-electron chi connectivity index (χ3n) is 2.25. The predicted molar refractivity (Wildman–Crippen MR) is 61.2 cm³/mol. The van der Waals surface area contributed by atoms with Gasteiger partial charge in [0.2, 0.25) is 0 Å². The Hall–Kier alpha value is -2.38. The SMILES string of the molecule is CC(CNC(=O)c1ccc([N+](=O)[O-])[nH]1)CC(=O)O. The molecule has 8 heteroatoms. The van der Waals surface area contributed by atoms with Gasteiger partial charge >= 0.3 is 11.8 Å². The van der Waals surface area contributed by atoms with Crippen LogP contribution in [0.4, 0.5) is 5.82 Å². The molecule has 0 fully saturated rings. The summed E-state index contributed by atoms with van der Waals surface area (Å²) in [4.78, 5) is 34.1. The maximum absolute atomic E-state index is 11.6. The summed E-state index contributed by atoms with van der Waals surface area (Å²) >= 11 is 0. The van der Waals surface area contributed by atoms with Gasteiger partial charge in [0.05, 0.1) is 0 Å². The van der Waals surface area contributed by atoms with E-state index in [4.69, 9.17) is 5.11 Å². The molecule has 98 valence electrons. The van der Waals surface area contributed by atoms with Crippen molar-refractivity contribution in [3.8, 4) is 0 Å². The molecule has 1 atom stereocenters. The molecule has 0 saturated carbocycles. The number of nitrogens with one attached hydrogen (secondary N) is 2. The van der Waals surface area contributed by atoms with E-state index in [2.05, 4.69) is 10.3 Å². The second kappa shape index (κ2) is 5.80. The van der Waals surface area contributed by atoms with Gasteiger partial charge in [0.15, 0.2) is 5.69 Å². The summed E-state index contributed by atoms with van der Waals surface area (Å²) in [5.74, 6) is -1.91. The molecule has 0 aliphatic rings. The van der Waals surface area contributed by atoms with E-state index in [0.717, 1.165) is 0 Å². The van der Waals surface area contributed by atoms with Gasteiger partial charge in [0.1, 0.15) is 0 Å². The lowest BCUT2D eigenvalue weighted by Gasteiger charge is -2.08. The Morgan fingerprint density at radius 2 is 2.22 bits per heavy atom. The zero-order chi connectivity index (χ0) is 13.7. The summed E-state index contributed by atoms with van der Waals surface area (Å²) in [7, 11) is 0. The van der Waals surface area contributed by atoms with Crippen molar-refractivity contribution in [2.24, 2.45) is 5.92 Å². The molecule has 3 N–H and O–H groups in total. The molecule has 1 amide bonds. The van der Waals surface area contributed by atoms with Crippen LogP contribution in [0.3, 0.4) is 0 Å². The van der Waals surface area contributed by atoms with Gasteiger partial charge in [-0.3, -0.25) is 9.59 Å². The molecule has 0 aliphatic carbocycles. The van der Waals surface area contributed by atoms with Crippen LogP contribution in [0.2, 0.25) is 0 Å². The van der Waals surface area contributed by atoms with Crippen LogP contribution in [0.15, 0.2) is 12.1 Å². The molecule has 0 aliphatic heterocycles. The lowest BCUT2D eigenvalue weighted by molar-refractivity contribution is -0.389. The number of hydrogen-bond donors (Lipinski definition) is 3. The van der Waals surface area contributed by atoms with Crippen LogP contribution < -0.4 is 5.32 Å². The molecule has 0 radical (unpaired) electrons. The average molecular weight is 255 g/mol. The molecule has 0 spiro atoms. The van der Waals surface area contributed by atoms with E-state index < -0.39 is 16.8 Å². The van der Waals surface area contributed by atoms with Crippen LogP contribution >= 0.6 is 0 Å². The van der Waals surface area contributed by atoms with Crippen molar-refractivity contribution in [1.29, 1.82) is 0 Å². The van der Waals surface area contributed by atoms with E-state index in [-0.39, 0.29) is 30.4 Å². The first-order valence-electron chi connectivity index (χ1n) is 5.23. The fraction of sp³-hybridized carbons (Fsp3) is 0.400. The van der Waals surface area contributed by atoms with Crippen molar-refractivity contribution in [2.45, 2.75) is 13.3 Å². The Morgan fingerprint density at radius 3 is 2.72 bits per heavy atom. The fourth-order valence-electron chi connectivity index (χ4n) is 1.35. The highest BCUT2D eigenvalue weighted by Gasteiger charge is 2.16. The predicted octanol–water partition coefficient (Wildman–Crippen LogP) is 0.764. The van der Waals surface area contributed by atoms with Crippen molar-refractivity contribution in [2.75, 3.05) is 6.54 Å². The summed E-state index contributed by atoms with van der Waals surface area (Å²) in [5, 5.41) is 21.4. The van der Waals surface area contributed by atoms with Gasteiger partial charge in [-0.2, -0.15) is 0 Å². The number of H-pyrrole nitrogens is 1. The summed E-state index contributed by atoms with van der Waals surface area (Å²) in [5.41, 5.74) is 0.0734. The van der Waals surface area contributed by atoms with Crippen molar-refractivity contribution < 1.29 is 19.6 Å². The Bertz CT molecular complexity index is 468. The lowest BCUT2D eigenvalue weighted by atomic mass is 10.1. The Kier molecular flexibility index (Phi) is 4.41. The third-order valence-corrected chi connectivity index (χ3v) is 2.25. The van der Waals surface area contributed by atoms with Gasteiger partial charge in [0.25, 0.3) is 5.91 Å². The molecule has 1 rings (SSSR count). The summed E-state index contributed by atoms with van der Waals surface area (Å²) in [6.07, 6.45) is -0.0504. The maximum Gasteiger partial charge on any atom is 0.321 e. The number of nitrogens with zero attached hydrogens (tertiary/aromatic N) is 1. The molecule has 0 bridgehead atoms. The summed E-state index contributed by atoms with van der Waals surface area (Å²) < 4.78 is 0. The highest BCUT2D eigenvalue weighted by atomic mass is 16.6. The maximum atomic E-state index is 11.6. The van der Waals surface area contributed by atoms with Gasteiger partial charge in [-0.05, 0) is 16.9 Å². The van der Waals surface area contributed by atoms with Crippen molar-refractivity contribution in [1.82, 2.24) is 10.3 Å². The Labute approximate surface area is 102 Å². The minimum absolute atomic E-state index is 0.0504. The van der Waals surface area contributed by atoms with E-state index >= 15 is 0 Å². The third kappa shape index (κ3) is 3.89. The number of aromatic nitrogens is 1. The first-order valence-corrected chi connectivity index (χ1v) is 5.23. The molecule has 8 nitrogen and oxygen atoms in total. The highest BCUT2D eigenvalue weighted by molar-refractivity contribution is 5.92. The molecular weight excluding hydrogens is 242 g/mol. The monoisotopic (exact) mass is 255 g/mol. The van der Waals surface area contributed by atoms with Gasteiger partial charge in [-0.15, -0.1) is 0 Å². The number of aromatic amines is 1. The molecule has 0 saturated heterocycles. The molecule has 1 heterocycles. The van der Waals surface area contributed by atoms with Crippen LogP contribution in [-0.2, 0) is 4.79 Å². The topological polar surface area (TPSA) is 125 Å². The van der Waals surface area contributed by atoms with Gasteiger partial charge in [-0.25, -0.2) is 4.98 Å². The second-order valence-electron chi connectivity index (χ2n) is 3.93. The summed E-state index contributed by atoms with van der Waals surface area (Å²) in [6, 6.07) is 2.49. The average Bonchev–Trinajstić information content (AvgIpc) is 2.74. The van der Waals surface area contributed by atoms with E-state index in [1.54, 1.807) is 6.92 Å². The number of nitro groups is 1. The molecule has 1 unspecified atom stereocenters. The number of carbonyl (C=O) groups is 2. The number of amides is 1. The molecule has 0 aromatic carbocycles. The normalized spacial score (nSPS) is 11.8. The first kappa shape index (κ1) is 13.7. The van der Waals surface area contributed by atoms with Gasteiger partial charge in [-0.1, -0.05) is 6.92 Å². The van der Waals surface area contributed by atoms with Crippen LogP contribution in [0.5, 0.6) is 0 Å². The number of carbonyl (C=O) groups excluding carboxylic acids is 1. The molecular formula is C10H13N3O5. The first-order chi connectivity index (χ1) is 8.40. The zero-order valence-corrected chi connectivity index (χ0v) is 9.67. The molecule has 18 heavy (non-hydrogen) atoms. The van der Waals surface area contributed by atoms with E-state index in [0.29, 0.717) is 0 Å². The van der Waals surface area contributed by atoms with Crippen LogP contribution in [-0.4, -0.2) is 33.4 Å². The Balaban J connectivity index is 2.49. The fourth-order valence-corrected chi connectivity index (χ4v) is 1.35. The number of carboxylic acids is 1. The highest BCUT2D eigenvalue weighted by Crippen LogP contribution is 2.09. The lowest BCUT2D eigenvalue weighted by Crippen LogP contribution is -2.29. The Morgan fingerprint density at radius 1 is 1.56 bits per heavy atom. The standard InChI is InChI=1S/C10H13N3O5/c1-6(4-9(14)15)5-11-10(16)7-2-3-8(12-7)13(17)18/h2-3,6,12H,4-5H2,1H3,(H,11,16)(H,14,15). The largest absolute Gasteiger partial charge is 0.481 e. The number of rotatable bonds is 6. The number of carboxylic acid groups (broad SMARTS) is 1. The quantitative estimate of drug-likeness (QED) is 0.511. The number of hydrogen-bond acceptors (Lipinski definition) is 4. The van der Waals surface area contributed by atoms with Crippen molar-refractivity contribution >= 4 is 17.7 Å². The molecule has 1 aromatic rings. The second-order valence-corrected chi connectivity index (χ2v) is 3.93. The minimum atomic E-state index is -0.938. The smallest absolute Gasteiger partial charge is 0.321 e. The van der Waals surface area contributed by atoms with Crippen molar-refractivity contribution in [3.63, 3.8) is 0 Å².